The molecule has 4 rings (SSSR count). The molecule has 1 saturated carbocycles. The van der Waals surface area contributed by atoms with Crippen molar-refractivity contribution >= 4 is 27.5 Å². The maximum atomic E-state index is 14.1. The number of carbonyl (C=O) groups is 2. The van der Waals surface area contributed by atoms with E-state index in [9.17, 15) is 18.0 Å². The van der Waals surface area contributed by atoms with Crippen LogP contribution in [0.1, 0.15) is 69.9 Å². The number of nitrogens with one attached hydrogen (secondary N) is 1. The molecule has 0 spiro atoms. The fourth-order valence-corrected chi connectivity index (χ4v) is 6.64. The van der Waals surface area contributed by atoms with Crippen LogP contribution in [-0.4, -0.2) is 43.8 Å². The van der Waals surface area contributed by atoms with Crippen molar-refractivity contribution in [1.82, 2.24) is 10.2 Å². The lowest BCUT2D eigenvalue weighted by atomic mass is 9.95. The van der Waals surface area contributed by atoms with E-state index in [2.05, 4.69) is 19.2 Å². The van der Waals surface area contributed by atoms with E-state index in [-0.39, 0.29) is 29.3 Å². The number of sulfonamides is 1. The van der Waals surface area contributed by atoms with E-state index < -0.39 is 28.5 Å². The Morgan fingerprint density at radius 3 is 2.00 bits per heavy atom. The molecule has 0 bridgehead atoms. The SMILES string of the molecule is CC(C)c1ccc(N(CC(=O)N(Cc2ccccc2)[C@H](C)C(=O)NC2CCCCC2)S(=O)(=O)c2ccccc2)cc1. The Hall–Kier alpha value is -3.65. The van der Waals surface area contributed by atoms with Gasteiger partial charge in [0.2, 0.25) is 11.8 Å². The second-order valence-electron chi connectivity index (χ2n) is 11.1. The Bertz CT molecular complexity index is 1390. The van der Waals surface area contributed by atoms with E-state index in [1.54, 1.807) is 37.3 Å². The van der Waals surface area contributed by atoms with Gasteiger partial charge in [-0.2, -0.15) is 0 Å². The van der Waals surface area contributed by atoms with Crippen LogP contribution in [0.4, 0.5) is 5.69 Å². The molecule has 0 saturated heterocycles. The van der Waals surface area contributed by atoms with Crippen LogP contribution >= 0.6 is 0 Å². The van der Waals surface area contributed by atoms with E-state index in [4.69, 9.17) is 0 Å². The Kier molecular flexibility index (Phi) is 10.2. The Balaban J connectivity index is 1.66. The molecule has 1 aliphatic carbocycles. The average molecular weight is 576 g/mol. The minimum absolute atomic E-state index is 0.0958. The molecule has 7 nitrogen and oxygen atoms in total. The van der Waals surface area contributed by atoms with Gasteiger partial charge < -0.3 is 10.2 Å². The third-order valence-electron chi connectivity index (χ3n) is 7.77. The maximum Gasteiger partial charge on any atom is 0.264 e. The standard InChI is InChI=1S/C33H41N3O4S/c1-25(2)28-19-21-30(22-20-28)36(41(39,40)31-17-11-6-12-18-31)24-32(37)35(23-27-13-7-4-8-14-27)26(3)33(38)34-29-15-9-5-10-16-29/h4,6-8,11-14,17-22,25-26,29H,5,9-10,15-16,23-24H2,1-3H3,(H,34,38)/t26-/m1/s1. The minimum atomic E-state index is -4.07. The van der Waals surface area contributed by atoms with Crippen LogP contribution in [-0.2, 0) is 26.2 Å². The molecule has 1 N–H and O–H groups in total. The molecule has 0 unspecified atom stereocenters. The van der Waals surface area contributed by atoms with E-state index in [1.807, 2.05) is 42.5 Å². The van der Waals surface area contributed by atoms with Crippen molar-refractivity contribution in [3.63, 3.8) is 0 Å². The predicted molar refractivity (Wildman–Crippen MR) is 163 cm³/mol. The normalized spacial score (nSPS) is 14.8. The molecule has 1 aliphatic rings. The first kappa shape index (κ1) is 30.3. The van der Waals surface area contributed by atoms with E-state index >= 15 is 0 Å². The summed E-state index contributed by atoms with van der Waals surface area (Å²) in [6.07, 6.45) is 5.19. The van der Waals surface area contributed by atoms with Gasteiger partial charge in [-0.3, -0.25) is 13.9 Å². The number of nitrogens with zero attached hydrogens (tertiary/aromatic N) is 2. The maximum absolute atomic E-state index is 14.1. The highest BCUT2D eigenvalue weighted by Gasteiger charge is 2.33. The number of amides is 2. The highest BCUT2D eigenvalue weighted by atomic mass is 32.2. The summed E-state index contributed by atoms with van der Waals surface area (Å²) in [5.41, 5.74) is 2.32. The van der Waals surface area contributed by atoms with Crippen LogP contribution in [0.3, 0.4) is 0 Å². The summed E-state index contributed by atoms with van der Waals surface area (Å²) in [5.74, 6) is -0.401. The topological polar surface area (TPSA) is 86.8 Å². The van der Waals surface area contributed by atoms with Crippen molar-refractivity contribution in [2.45, 2.75) is 82.3 Å². The van der Waals surface area contributed by atoms with Gasteiger partial charge in [0, 0.05) is 12.6 Å². The molecule has 1 fully saturated rings. The van der Waals surface area contributed by atoms with Crippen LogP contribution in [0.5, 0.6) is 0 Å². The first-order valence-corrected chi connectivity index (χ1v) is 15.9. The quantitative estimate of drug-likeness (QED) is 0.310. The Morgan fingerprint density at radius 2 is 1.41 bits per heavy atom. The molecule has 0 radical (unpaired) electrons. The van der Waals surface area contributed by atoms with Crippen LogP contribution in [0.25, 0.3) is 0 Å². The summed E-state index contributed by atoms with van der Waals surface area (Å²) >= 11 is 0. The molecule has 41 heavy (non-hydrogen) atoms. The zero-order chi connectivity index (χ0) is 29.4. The molecular formula is C33H41N3O4S. The smallest absolute Gasteiger partial charge is 0.264 e. The zero-order valence-electron chi connectivity index (χ0n) is 24.2. The molecule has 1 atom stereocenters. The number of anilines is 1. The molecule has 8 heteroatoms. The number of rotatable bonds is 11. The molecule has 0 heterocycles. The fraction of sp³-hybridized carbons (Fsp3) is 0.394. The summed E-state index contributed by atoms with van der Waals surface area (Å²) in [6.45, 7) is 5.60. The lowest BCUT2D eigenvalue weighted by Gasteiger charge is -2.33. The lowest BCUT2D eigenvalue weighted by molar-refractivity contribution is -0.139. The molecular weight excluding hydrogens is 534 g/mol. The number of hydrogen-bond acceptors (Lipinski definition) is 4. The summed E-state index contributed by atoms with van der Waals surface area (Å²) in [5, 5.41) is 3.13. The summed E-state index contributed by atoms with van der Waals surface area (Å²) in [6, 6.07) is 24.1. The summed E-state index contributed by atoms with van der Waals surface area (Å²) < 4.78 is 29.0. The molecule has 2 amide bonds. The van der Waals surface area contributed by atoms with Gasteiger partial charge in [-0.25, -0.2) is 8.42 Å². The van der Waals surface area contributed by atoms with Gasteiger partial charge >= 0.3 is 0 Å². The van der Waals surface area contributed by atoms with Gasteiger partial charge in [0.05, 0.1) is 10.6 Å². The highest BCUT2D eigenvalue weighted by Crippen LogP contribution is 2.27. The molecule has 3 aromatic carbocycles. The van der Waals surface area contributed by atoms with Gasteiger partial charge in [-0.05, 0) is 61.1 Å². The van der Waals surface area contributed by atoms with E-state index in [0.29, 0.717) is 5.69 Å². The fourth-order valence-electron chi connectivity index (χ4n) is 5.21. The van der Waals surface area contributed by atoms with Crippen molar-refractivity contribution < 1.29 is 18.0 Å². The summed E-state index contributed by atoms with van der Waals surface area (Å²) in [4.78, 5) is 29.0. The Labute approximate surface area is 244 Å². The number of carbonyl (C=O) groups excluding carboxylic acids is 2. The van der Waals surface area contributed by atoms with Gasteiger partial charge in [0.15, 0.2) is 0 Å². The largest absolute Gasteiger partial charge is 0.352 e. The first-order valence-electron chi connectivity index (χ1n) is 14.5. The van der Waals surface area contributed by atoms with Gasteiger partial charge in [-0.15, -0.1) is 0 Å². The number of hydrogen-bond donors (Lipinski definition) is 1. The van der Waals surface area contributed by atoms with E-state index in [0.717, 1.165) is 41.1 Å². The second kappa shape index (κ2) is 13.8. The van der Waals surface area contributed by atoms with Crippen LogP contribution < -0.4 is 9.62 Å². The second-order valence-corrected chi connectivity index (χ2v) is 13.0. The highest BCUT2D eigenvalue weighted by molar-refractivity contribution is 7.92. The Morgan fingerprint density at radius 1 is 0.829 bits per heavy atom. The van der Waals surface area contributed by atoms with Gasteiger partial charge in [0.25, 0.3) is 10.0 Å². The molecule has 0 aromatic heterocycles. The summed E-state index contributed by atoms with van der Waals surface area (Å²) in [7, 11) is -4.07. The van der Waals surface area contributed by atoms with Crippen LogP contribution in [0.15, 0.2) is 89.8 Å². The third kappa shape index (κ3) is 7.76. The van der Waals surface area contributed by atoms with Crippen molar-refractivity contribution in [2.75, 3.05) is 10.8 Å². The lowest BCUT2D eigenvalue weighted by Crippen LogP contribution is -2.53. The van der Waals surface area contributed by atoms with Gasteiger partial charge in [-0.1, -0.05) is 93.8 Å². The van der Waals surface area contributed by atoms with Crippen LogP contribution in [0, 0.1) is 0 Å². The van der Waals surface area contributed by atoms with Gasteiger partial charge in [0.1, 0.15) is 12.6 Å². The van der Waals surface area contributed by atoms with Crippen LogP contribution in [0.2, 0.25) is 0 Å². The van der Waals surface area contributed by atoms with Crippen molar-refractivity contribution in [2.24, 2.45) is 0 Å². The first-order chi connectivity index (χ1) is 19.7. The minimum Gasteiger partial charge on any atom is -0.352 e. The van der Waals surface area contributed by atoms with Crippen molar-refractivity contribution in [1.29, 1.82) is 0 Å². The van der Waals surface area contributed by atoms with Crippen molar-refractivity contribution in [3.05, 3.63) is 96.1 Å². The third-order valence-corrected chi connectivity index (χ3v) is 9.56. The van der Waals surface area contributed by atoms with Crippen molar-refractivity contribution in [3.8, 4) is 0 Å². The zero-order valence-corrected chi connectivity index (χ0v) is 25.0. The molecule has 218 valence electrons. The molecule has 0 aliphatic heterocycles. The average Bonchev–Trinajstić information content (AvgIpc) is 2.99. The number of benzene rings is 3. The monoisotopic (exact) mass is 575 g/mol. The van der Waals surface area contributed by atoms with E-state index in [1.165, 1.54) is 23.5 Å². The molecule has 3 aromatic rings. The predicted octanol–water partition coefficient (Wildman–Crippen LogP) is 5.87.